The topological polar surface area (TPSA) is 101 Å². The van der Waals surface area contributed by atoms with Crippen LogP contribution in [0.4, 0.5) is 13.2 Å². The molecule has 1 heterocycles. The maximum Gasteiger partial charge on any atom is 0.419 e. The lowest BCUT2D eigenvalue weighted by atomic mass is 9.93. The van der Waals surface area contributed by atoms with Crippen LogP contribution >= 0.6 is 0 Å². The lowest BCUT2D eigenvalue weighted by molar-refractivity contribution is -0.141. The molecule has 1 fully saturated rings. The number of aliphatic carboxylic acids is 1. The van der Waals surface area contributed by atoms with E-state index in [1.165, 1.54) is 24.3 Å². The van der Waals surface area contributed by atoms with Crippen LogP contribution in [-0.4, -0.2) is 34.8 Å². The van der Waals surface area contributed by atoms with Crippen LogP contribution in [0, 0.1) is 0 Å². The van der Waals surface area contributed by atoms with Gasteiger partial charge >= 0.3 is 12.1 Å². The van der Waals surface area contributed by atoms with Gasteiger partial charge < -0.3 is 5.11 Å². The Labute approximate surface area is 181 Å². The SMILES string of the molecule is C[C@]1(c2ccccc2)C[C@@]1(NS(=O)(=O)c1ccc(-n2cc(C(F)(F)F)cn2)cc1)C(=O)O. The summed E-state index contributed by atoms with van der Waals surface area (Å²) >= 11 is 0. The van der Waals surface area contributed by atoms with Crippen molar-refractivity contribution >= 4 is 16.0 Å². The van der Waals surface area contributed by atoms with E-state index in [0.717, 1.165) is 10.9 Å². The van der Waals surface area contributed by atoms with Crippen LogP contribution in [-0.2, 0) is 26.4 Å². The lowest BCUT2D eigenvalue weighted by Crippen LogP contribution is -2.48. The summed E-state index contributed by atoms with van der Waals surface area (Å²) in [6.07, 6.45) is -3.02. The highest BCUT2D eigenvalue weighted by atomic mass is 32.2. The summed E-state index contributed by atoms with van der Waals surface area (Å²) in [7, 11) is -4.24. The smallest absolute Gasteiger partial charge is 0.419 e. The monoisotopic (exact) mass is 465 g/mol. The molecule has 1 saturated carbocycles. The highest BCUT2D eigenvalue weighted by Crippen LogP contribution is 2.58. The number of carbonyl (C=O) groups is 1. The van der Waals surface area contributed by atoms with Gasteiger partial charge in [0.2, 0.25) is 10.0 Å². The molecule has 168 valence electrons. The van der Waals surface area contributed by atoms with E-state index in [-0.39, 0.29) is 17.0 Å². The zero-order valence-corrected chi connectivity index (χ0v) is 17.5. The minimum atomic E-state index is -4.55. The number of rotatable bonds is 6. The Morgan fingerprint density at radius 3 is 2.28 bits per heavy atom. The molecule has 0 saturated heterocycles. The molecule has 0 unspecified atom stereocenters. The largest absolute Gasteiger partial charge is 0.480 e. The van der Waals surface area contributed by atoms with Crippen molar-refractivity contribution in [2.75, 3.05) is 0 Å². The summed E-state index contributed by atoms with van der Waals surface area (Å²) in [6, 6.07) is 13.7. The summed E-state index contributed by atoms with van der Waals surface area (Å²) < 4.78 is 67.5. The first-order chi connectivity index (χ1) is 14.9. The fraction of sp³-hybridized carbons (Fsp3) is 0.238. The van der Waals surface area contributed by atoms with E-state index < -0.39 is 38.7 Å². The molecule has 0 radical (unpaired) electrons. The molecule has 32 heavy (non-hydrogen) atoms. The van der Waals surface area contributed by atoms with Gasteiger partial charge in [-0.25, -0.2) is 13.1 Å². The Morgan fingerprint density at radius 2 is 1.75 bits per heavy atom. The summed E-state index contributed by atoms with van der Waals surface area (Å²) in [5.41, 5.74) is -2.67. The number of carboxylic acids is 1. The average Bonchev–Trinajstić information content (AvgIpc) is 3.11. The van der Waals surface area contributed by atoms with Crippen molar-refractivity contribution in [3.63, 3.8) is 0 Å². The van der Waals surface area contributed by atoms with Gasteiger partial charge in [-0.1, -0.05) is 37.3 Å². The molecular weight excluding hydrogens is 447 g/mol. The number of aromatic nitrogens is 2. The minimum absolute atomic E-state index is 0.0736. The van der Waals surface area contributed by atoms with Gasteiger partial charge in [0.25, 0.3) is 0 Å². The number of alkyl halides is 3. The standard InChI is InChI=1S/C21H18F3N3O4S/c1-19(14-5-3-2-4-6-14)13-20(19,18(28)29)26-32(30,31)17-9-7-16(8-10-17)27-12-15(11-25-27)21(22,23)24/h2-12,26H,13H2,1H3,(H,28,29)/t19-,20-/m1/s1. The predicted octanol–water partition coefficient (Wildman–Crippen LogP) is 3.35. The molecule has 2 N–H and O–H groups in total. The van der Waals surface area contributed by atoms with Crippen LogP contribution in [0.1, 0.15) is 24.5 Å². The second-order valence-electron chi connectivity index (χ2n) is 7.86. The molecule has 4 rings (SSSR count). The quantitative estimate of drug-likeness (QED) is 0.582. The second-order valence-corrected chi connectivity index (χ2v) is 9.54. The number of nitrogens with zero attached hydrogens (tertiary/aromatic N) is 2. The van der Waals surface area contributed by atoms with Gasteiger partial charge in [0.15, 0.2) is 0 Å². The molecule has 11 heteroatoms. The van der Waals surface area contributed by atoms with Gasteiger partial charge in [0, 0.05) is 11.6 Å². The van der Waals surface area contributed by atoms with Crippen LogP contribution in [0.2, 0.25) is 0 Å². The van der Waals surface area contributed by atoms with Crippen molar-refractivity contribution in [1.29, 1.82) is 0 Å². The zero-order valence-electron chi connectivity index (χ0n) is 16.7. The molecule has 3 aromatic rings. The van der Waals surface area contributed by atoms with Crippen LogP contribution in [0.5, 0.6) is 0 Å². The minimum Gasteiger partial charge on any atom is -0.480 e. The number of benzene rings is 2. The lowest BCUT2D eigenvalue weighted by Gasteiger charge is -2.21. The molecule has 0 amide bonds. The van der Waals surface area contributed by atoms with Crippen LogP contribution in [0.25, 0.3) is 5.69 Å². The number of halogens is 3. The molecule has 2 aromatic carbocycles. The molecule has 7 nitrogen and oxygen atoms in total. The first-order valence-electron chi connectivity index (χ1n) is 9.44. The number of nitrogens with one attached hydrogen (secondary N) is 1. The number of carboxylic acid groups (broad SMARTS) is 1. The third kappa shape index (κ3) is 3.56. The van der Waals surface area contributed by atoms with E-state index in [9.17, 15) is 31.5 Å². The van der Waals surface area contributed by atoms with E-state index >= 15 is 0 Å². The number of hydrogen-bond acceptors (Lipinski definition) is 4. The Balaban J connectivity index is 1.60. The highest BCUT2D eigenvalue weighted by molar-refractivity contribution is 7.89. The normalized spacial score (nSPS) is 23.1. The van der Waals surface area contributed by atoms with Crippen LogP contribution in [0.15, 0.2) is 71.9 Å². The van der Waals surface area contributed by atoms with Gasteiger partial charge in [0.05, 0.1) is 22.3 Å². The maximum atomic E-state index is 12.9. The predicted molar refractivity (Wildman–Crippen MR) is 108 cm³/mol. The van der Waals surface area contributed by atoms with Crippen molar-refractivity contribution in [1.82, 2.24) is 14.5 Å². The summed E-state index contributed by atoms with van der Waals surface area (Å²) in [5, 5.41) is 13.5. The van der Waals surface area contributed by atoms with E-state index in [4.69, 9.17) is 0 Å². The summed E-state index contributed by atoms with van der Waals surface area (Å²) in [4.78, 5) is 11.9. The van der Waals surface area contributed by atoms with Gasteiger partial charge in [-0.05, 0) is 36.2 Å². The molecule has 0 bridgehead atoms. The van der Waals surface area contributed by atoms with Crippen molar-refractivity contribution < 1.29 is 31.5 Å². The van der Waals surface area contributed by atoms with Crippen molar-refractivity contribution in [2.24, 2.45) is 0 Å². The van der Waals surface area contributed by atoms with E-state index in [0.29, 0.717) is 11.8 Å². The fourth-order valence-corrected chi connectivity index (χ4v) is 5.28. The van der Waals surface area contributed by atoms with Crippen molar-refractivity contribution in [3.8, 4) is 5.69 Å². The molecule has 1 aliphatic rings. The Hall–Kier alpha value is -3.18. The molecule has 0 spiro atoms. The fourth-order valence-electron chi connectivity index (χ4n) is 3.82. The molecular formula is C21H18F3N3O4S. The van der Waals surface area contributed by atoms with Gasteiger partial charge in [-0.3, -0.25) is 4.79 Å². The molecule has 2 atom stereocenters. The van der Waals surface area contributed by atoms with Crippen LogP contribution in [0.3, 0.4) is 0 Å². The highest BCUT2D eigenvalue weighted by Gasteiger charge is 2.72. The number of hydrogen-bond donors (Lipinski definition) is 2. The number of sulfonamides is 1. The first-order valence-corrected chi connectivity index (χ1v) is 10.9. The van der Waals surface area contributed by atoms with E-state index in [1.807, 2.05) is 0 Å². The Kier molecular flexibility index (Phi) is 4.94. The third-order valence-corrected chi connectivity index (χ3v) is 7.35. The molecule has 0 aliphatic heterocycles. The molecule has 1 aliphatic carbocycles. The van der Waals surface area contributed by atoms with Gasteiger partial charge in [-0.15, -0.1) is 0 Å². The van der Waals surface area contributed by atoms with Gasteiger partial charge in [-0.2, -0.15) is 23.0 Å². The third-order valence-electron chi connectivity index (χ3n) is 5.84. The maximum absolute atomic E-state index is 12.9. The Bertz CT molecular complexity index is 1270. The average molecular weight is 465 g/mol. The summed E-state index contributed by atoms with van der Waals surface area (Å²) in [5.74, 6) is -1.29. The molecule has 1 aromatic heterocycles. The van der Waals surface area contributed by atoms with Crippen molar-refractivity contribution in [3.05, 3.63) is 78.1 Å². The Morgan fingerprint density at radius 1 is 1.12 bits per heavy atom. The van der Waals surface area contributed by atoms with E-state index in [2.05, 4.69) is 9.82 Å². The second kappa shape index (κ2) is 7.17. The van der Waals surface area contributed by atoms with E-state index in [1.54, 1.807) is 37.3 Å². The summed E-state index contributed by atoms with van der Waals surface area (Å²) in [6.45, 7) is 1.68. The van der Waals surface area contributed by atoms with Crippen LogP contribution < -0.4 is 4.72 Å². The first kappa shape index (κ1) is 22.0. The zero-order chi connectivity index (χ0) is 23.4. The van der Waals surface area contributed by atoms with Crippen molar-refractivity contribution in [2.45, 2.75) is 35.4 Å². The van der Waals surface area contributed by atoms with Gasteiger partial charge in [0.1, 0.15) is 5.54 Å².